The highest BCUT2D eigenvalue weighted by molar-refractivity contribution is 8.00. The second kappa shape index (κ2) is 10.7. The number of aromatic nitrogens is 2. The Hall–Kier alpha value is -3.94. The number of benzene rings is 2. The van der Waals surface area contributed by atoms with E-state index in [0.717, 1.165) is 44.7 Å². The molecule has 6 rings (SSSR count). The van der Waals surface area contributed by atoms with Crippen molar-refractivity contribution in [1.82, 2.24) is 9.55 Å². The van der Waals surface area contributed by atoms with Gasteiger partial charge in [0.15, 0.2) is 0 Å². The minimum absolute atomic E-state index is 0.304. The second-order valence-corrected chi connectivity index (χ2v) is 12.1. The third-order valence-corrected chi connectivity index (χ3v) is 9.84. The maximum Gasteiger partial charge on any atom is 0.418 e. The molecule has 4 aromatic rings. The molecule has 0 radical (unpaired) electrons. The number of carbonyl (C=O) groups excluding carboxylic acids is 3. The summed E-state index contributed by atoms with van der Waals surface area (Å²) in [5.74, 6) is -3.39. The van der Waals surface area contributed by atoms with Crippen LogP contribution >= 0.6 is 34.7 Å². The van der Waals surface area contributed by atoms with Crippen LogP contribution in [0.1, 0.15) is 21.9 Å². The van der Waals surface area contributed by atoms with Crippen LogP contribution < -0.4 is 15.1 Å². The summed E-state index contributed by atoms with van der Waals surface area (Å²) in [4.78, 5) is 58.9. The lowest BCUT2D eigenvalue weighted by molar-refractivity contribution is -0.137. The molecule has 0 saturated carbocycles. The van der Waals surface area contributed by atoms with E-state index in [1.807, 2.05) is 0 Å². The van der Waals surface area contributed by atoms with E-state index in [0.29, 0.717) is 26.2 Å². The number of halogens is 4. The lowest BCUT2D eigenvalue weighted by atomic mass is 9.84. The van der Waals surface area contributed by atoms with Crippen LogP contribution in [0.5, 0.6) is 0 Å². The van der Waals surface area contributed by atoms with Crippen LogP contribution in [-0.4, -0.2) is 32.5 Å². The molecule has 0 aliphatic carbocycles. The molecule has 2 aromatic carbocycles. The van der Waals surface area contributed by atoms with Crippen molar-refractivity contribution in [3.05, 3.63) is 104 Å². The van der Waals surface area contributed by atoms with Gasteiger partial charge in [-0.1, -0.05) is 52.9 Å². The number of imide groups is 1. The monoisotopic (exact) mass is 630 g/mol. The van der Waals surface area contributed by atoms with Gasteiger partial charge in [-0.15, -0.1) is 0 Å². The molecule has 4 heterocycles. The number of thiazole rings is 1. The highest BCUT2D eigenvalue weighted by atomic mass is 35.5. The third-order valence-electron chi connectivity index (χ3n) is 6.99. The highest BCUT2D eigenvalue weighted by Crippen LogP contribution is 2.53. The van der Waals surface area contributed by atoms with Crippen molar-refractivity contribution in [3.8, 4) is 0 Å². The van der Waals surface area contributed by atoms with Crippen LogP contribution in [0.15, 0.2) is 82.9 Å². The van der Waals surface area contributed by atoms with Gasteiger partial charge in [0.2, 0.25) is 17.7 Å². The molecule has 0 bridgehead atoms. The quantitative estimate of drug-likeness (QED) is 0.296. The van der Waals surface area contributed by atoms with Crippen molar-refractivity contribution < 1.29 is 27.6 Å². The molecule has 2 aliphatic rings. The Morgan fingerprint density at radius 3 is 2.43 bits per heavy atom. The number of hydrogen-bond acceptors (Lipinski definition) is 7. The molecule has 2 aliphatic heterocycles. The number of pyridine rings is 1. The predicted octanol–water partition coefficient (Wildman–Crippen LogP) is 5.41. The molecule has 0 spiro atoms. The maximum atomic E-state index is 13.8. The number of anilines is 2. The Labute approximate surface area is 249 Å². The zero-order valence-electron chi connectivity index (χ0n) is 21.2. The van der Waals surface area contributed by atoms with Crippen LogP contribution in [0, 0.1) is 5.92 Å². The van der Waals surface area contributed by atoms with Gasteiger partial charge in [0.05, 0.1) is 27.9 Å². The van der Waals surface area contributed by atoms with Crippen LogP contribution in [0.3, 0.4) is 0 Å². The van der Waals surface area contributed by atoms with Crippen molar-refractivity contribution >= 4 is 63.8 Å². The predicted molar refractivity (Wildman–Crippen MR) is 152 cm³/mol. The number of alkyl halides is 3. The van der Waals surface area contributed by atoms with E-state index in [-0.39, 0.29) is 0 Å². The van der Waals surface area contributed by atoms with Gasteiger partial charge in [0.25, 0.3) is 0 Å². The lowest BCUT2D eigenvalue weighted by Crippen LogP contribution is -2.33. The first kappa shape index (κ1) is 28.2. The second-order valence-electron chi connectivity index (χ2n) is 9.53. The van der Waals surface area contributed by atoms with Crippen molar-refractivity contribution in [1.29, 1.82) is 0 Å². The van der Waals surface area contributed by atoms with Gasteiger partial charge in [0.1, 0.15) is 11.8 Å². The molecule has 0 unspecified atom stereocenters. The first-order valence-corrected chi connectivity index (χ1v) is 14.5. The zero-order valence-corrected chi connectivity index (χ0v) is 23.6. The summed E-state index contributed by atoms with van der Waals surface area (Å²) >= 11 is 7.82. The summed E-state index contributed by atoms with van der Waals surface area (Å²) in [6, 6.07) is 14.2. The molecule has 3 atom stereocenters. The van der Waals surface area contributed by atoms with Crippen LogP contribution in [0.25, 0.3) is 0 Å². The van der Waals surface area contributed by atoms with Crippen molar-refractivity contribution in [2.75, 3.05) is 10.2 Å². The van der Waals surface area contributed by atoms with Crippen LogP contribution in [0.4, 0.5) is 24.5 Å². The Morgan fingerprint density at radius 2 is 1.74 bits per heavy atom. The van der Waals surface area contributed by atoms with Gasteiger partial charge in [0, 0.05) is 28.2 Å². The van der Waals surface area contributed by atoms with E-state index in [1.165, 1.54) is 12.1 Å². The van der Waals surface area contributed by atoms with Gasteiger partial charge < -0.3 is 5.32 Å². The Balaban J connectivity index is 1.38. The Kier molecular flexibility index (Phi) is 7.19. The maximum absolute atomic E-state index is 13.8. The fourth-order valence-electron chi connectivity index (χ4n) is 5.19. The summed E-state index contributed by atoms with van der Waals surface area (Å²) in [5.41, 5.74) is -0.518. The van der Waals surface area contributed by atoms with Crippen LogP contribution in [0.2, 0.25) is 5.02 Å². The summed E-state index contributed by atoms with van der Waals surface area (Å²) in [7, 11) is 0. The molecule has 8 nitrogen and oxygen atoms in total. The van der Waals surface area contributed by atoms with E-state index in [4.69, 9.17) is 11.6 Å². The number of nitrogens with one attached hydrogen (secondary N) is 1. The summed E-state index contributed by atoms with van der Waals surface area (Å²) in [6.07, 6.45) is -1.59. The summed E-state index contributed by atoms with van der Waals surface area (Å²) < 4.78 is 41.5. The molecular formula is C28H18ClF3N4O4S2. The van der Waals surface area contributed by atoms with Gasteiger partial charge in [-0.25, -0.2) is 4.90 Å². The third kappa shape index (κ3) is 4.91. The van der Waals surface area contributed by atoms with Gasteiger partial charge >= 0.3 is 11.0 Å². The number of hydrogen-bond donors (Lipinski definition) is 1. The average Bonchev–Trinajstić information content (AvgIpc) is 3.40. The fraction of sp³-hybridized carbons (Fsp3) is 0.179. The summed E-state index contributed by atoms with van der Waals surface area (Å²) in [6.45, 7) is -0.593. The Morgan fingerprint density at radius 1 is 1.00 bits per heavy atom. The van der Waals surface area contributed by atoms with Crippen molar-refractivity contribution in [2.45, 2.75) is 28.9 Å². The standard InChI is InChI=1S/C28H18ClF3N4O4S2/c29-15-7-9-16(10-8-15)36-24(38)21-20(14-4-3-11-33-12-14)23-26(41-22(21)25(36)39)35(27(40)42-23)13-19(37)34-18-6-2-1-5-17(18)28(30,31)32/h1-12,20-22H,13H2,(H,34,37)/t20-,21-,22+/m0/s1. The van der Waals surface area contributed by atoms with Crippen molar-refractivity contribution in [2.24, 2.45) is 5.92 Å². The normalized spacial score (nSPS) is 19.9. The number of thioether (sulfide) groups is 1. The number of carbonyl (C=O) groups is 3. The molecule has 1 N–H and O–H groups in total. The zero-order chi connectivity index (χ0) is 29.8. The first-order chi connectivity index (χ1) is 20.0. The summed E-state index contributed by atoms with van der Waals surface area (Å²) in [5, 5.41) is 2.06. The number of fused-ring (bicyclic) bond motifs is 2. The highest BCUT2D eigenvalue weighted by Gasteiger charge is 2.57. The first-order valence-electron chi connectivity index (χ1n) is 12.4. The SMILES string of the molecule is O=C(Cn1c2c(sc1=O)[C@@H](c1cccnc1)[C@@H]1C(=O)N(c3ccc(Cl)cc3)C(=O)[C@@H]1S2)Nc1ccccc1C(F)(F)F. The van der Waals surface area contributed by atoms with Crippen molar-refractivity contribution in [3.63, 3.8) is 0 Å². The number of nitrogens with zero attached hydrogens (tertiary/aromatic N) is 3. The van der Waals surface area contributed by atoms with Gasteiger partial charge in [-0.05, 0) is 48.0 Å². The minimum atomic E-state index is -4.70. The molecule has 1 saturated heterocycles. The van der Waals surface area contributed by atoms with E-state index < -0.39 is 63.7 Å². The molecular weight excluding hydrogens is 613 g/mol. The minimum Gasteiger partial charge on any atom is -0.324 e. The molecule has 1 fully saturated rings. The average molecular weight is 631 g/mol. The van der Waals surface area contributed by atoms with E-state index in [1.54, 1.807) is 48.8 Å². The largest absolute Gasteiger partial charge is 0.418 e. The molecule has 14 heteroatoms. The topological polar surface area (TPSA) is 101 Å². The van der Waals surface area contributed by atoms with E-state index >= 15 is 0 Å². The van der Waals surface area contributed by atoms with Crippen LogP contribution in [-0.2, 0) is 27.1 Å². The molecule has 2 aromatic heterocycles. The smallest absolute Gasteiger partial charge is 0.324 e. The lowest BCUT2D eigenvalue weighted by Gasteiger charge is -2.30. The molecule has 214 valence electrons. The Bertz CT molecular complexity index is 1780. The number of rotatable bonds is 5. The van der Waals surface area contributed by atoms with E-state index in [2.05, 4.69) is 10.3 Å². The van der Waals surface area contributed by atoms with Gasteiger partial charge in [-0.3, -0.25) is 28.7 Å². The molecule has 3 amide bonds. The van der Waals surface area contributed by atoms with E-state index in [9.17, 15) is 32.3 Å². The number of amides is 3. The fourth-order valence-corrected chi connectivity index (χ4v) is 8.09. The van der Waals surface area contributed by atoms with Gasteiger partial charge in [-0.2, -0.15) is 13.2 Å². The molecule has 42 heavy (non-hydrogen) atoms. The number of para-hydroxylation sites is 1.